The smallest absolute Gasteiger partial charge is 0.166 e. The highest BCUT2D eigenvalue weighted by Crippen LogP contribution is 2.34. The summed E-state index contributed by atoms with van der Waals surface area (Å²) in [5.41, 5.74) is 1.92. The summed E-state index contributed by atoms with van der Waals surface area (Å²) >= 11 is 0. The molecule has 0 atom stereocenters. The molecule has 0 saturated heterocycles. The van der Waals surface area contributed by atoms with Crippen LogP contribution in [0.4, 0.5) is 13.2 Å². The first-order valence-corrected chi connectivity index (χ1v) is 6.16. The zero-order chi connectivity index (χ0) is 14.0. The van der Waals surface area contributed by atoms with E-state index in [0.29, 0.717) is 5.56 Å². The number of rotatable bonds is 2. The van der Waals surface area contributed by atoms with Gasteiger partial charge in [0, 0.05) is 0 Å². The van der Waals surface area contributed by atoms with Gasteiger partial charge in [-0.2, -0.15) is 13.2 Å². The third kappa shape index (κ3) is 2.98. The molecule has 0 fully saturated rings. The van der Waals surface area contributed by atoms with E-state index in [0.717, 1.165) is 17.2 Å². The van der Waals surface area contributed by atoms with Crippen molar-refractivity contribution >= 4 is 0 Å². The maximum Gasteiger partial charge on any atom is 0.416 e. The molecule has 2 aromatic carbocycles. The van der Waals surface area contributed by atoms with Crippen LogP contribution in [0.2, 0.25) is 0 Å². The van der Waals surface area contributed by atoms with Crippen LogP contribution in [0.3, 0.4) is 0 Å². The largest absolute Gasteiger partial charge is 0.416 e. The Morgan fingerprint density at radius 2 is 1.58 bits per heavy atom. The molecule has 2 aromatic rings. The van der Waals surface area contributed by atoms with Crippen molar-refractivity contribution < 1.29 is 13.2 Å². The summed E-state index contributed by atoms with van der Waals surface area (Å²) in [4.78, 5) is 0. The van der Waals surface area contributed by atoms with Gasteiger partial charge >= 0.3 is 6.18 Å². The Morgan fingerprint density at radius 1 is 0.895 bits per heavy atom. The van der Waals surface area contributed by atoms with E-state index in [1.54, 1.807) is 6.07 Å². The summed E-state index contributed by atoms with van der Waals surface area (Å²) < 4.78 is 38.2. The van der Waals surface area contributed by atoms with Crippen LogP contribution in [0, 0.1) is 0 Å². The molecular formula is C16H15F3. The number of alkyl halides is 3. The first-order chi connectivity index (χ1) is 8.89. The highest BCUT2D eigenvalue weighted by Gasteiger charge is 2.30. The first kappa shape index (κ1) is 13.7. The van der Waals surface area contributed by atoms with Crippen LogP contribution < -0.4 is 0 Å². The molecule has 0 aromatic heterocycles. The fourth-order valence-corrected chi connectivity index (χ4v) is 2.13. The standard InChI is InChI=1S/C16H15F3/c1-11(2)14-8-3-4-9-15(14)12-6-5-7-13(10-12)16(17,18)19/h3-11H,1-2H3. The van der Waals surface area contributed by atoms with E-state index in [1.165, 1.54) is 12.1 Å². The van der Waals surface area contributed by atoms with Crippen LogP contribution >= 0.6 is 0 Å². The highest BCUT2D eigenvalue weighted by atomic mass is 19.4. The topological polar surface area (TPSA) is 0 Å². The molecule has 100 valence electrons. The SMILES string of the molecule is CC(C)c1ccccc1-c1cccc(C(F)(F)F)c1. The van der Waals surface area contributed by atoms with E-state index in [4.69, 9.17) is 0 Å². The van der Waals surface area contributed by atoms with Crippen LogP contribution in [-0.2, 0) is 6.18 Å². The summed E-state index contributed by atoms with van der Waals surface area (Å²) in [6, 6.07) is 13.1. The van der Waals surface area contributed by atoms with E-state index in [1.807, 2.05) is 38.1 Å². The summed E-state index contributed by atoms with van der Waals surface area (Å²) in [6.45, 7) is 4.07. The van der Waals surface area contributed by atoms with Gasteiger partial charge in [0.15, 0.2) is 0 Å². The molecule has 0 unspecified atom stereocenters. The second-order valence-electron chi connectivity index (χ2n) is 4.82. The lowest BCUT2D eigenvalue weighted by Crippen LogP contribution is -2.04. The molecule has 0 aliphatic carbocycles. The van der Waals surface area contributed by atoms with Crippen LogP contribution in [0.25, 0.3) is 11.1 Å². The number of hydrogen-bond donors (Lipinski definition) is 0. The van der Waals surface area contributed by atoms with Gasteiger partial charge < -0.3 is 0 Å². The predicted molar refractivity (Wildman–Crippen MR) is 71.0 cm³/mol. The first-order valence-electron chi connectivity index (χ1n) is 6.16. The number of halogens is 3. The van der Waals surface area contributed by atoms with E-state index in [9.17, 15) is 13.2 Å². The lowest BCUT2D eigenvalue weighted by atomic mass is 9.92. The Labute approximate surface area is 110 Å². The summed E-state index contributed by atoms with van der Waals surface area (Å²) in [5.74, 6) is 0.269. The molecule has 0 spiro atoms. The van der Waals surface area contributed by atoms with E-state index >= 15 is 0 Å². The Morgan fingerprint density at radius 3 is 2.21 bits per heavy atom. The van der Waals surface area contributed by atoms with Crippen molar-refractivity contribution in [2.45, 2.75) is 25.9 Å². The van der Waals surface area contributed by atoms with Gasteiger partial charge in [0.05, 0.1) is 5.56 Å². The molecule has 19 heavy (non-hydrogen) atoms. The zero-order valence-electron chi connectivity index (χ0n) is 10.8. The van der Waals surface area contributed by atoms with Crippen LogP contribution in [0.15, 0.2) is 48.5 Å². The quantitative estimate of drug-likeness (QED) is 0.672. The third-order valence-corrected chi connectivity index (χ3v) is 3.08. The van der Waals surface area contributed by atoms with Gasteiger partial charge in [-0.1, -0.05) is 50.2 Å². The number of benzene rings is 2. The van der Waals surface area contributed by atoms with Crippen molar-refractivity contribution in [3.8, 4) is 11.1 Å². The van der Waals surface area contributed by atoms with Crippen molar-refractivity contribution in [3.63, 3.8) is 0 Å². The molecule has 0 N–H and O–H groups in total. The van der Waals surface area contributed by atoms with Gasteiger partial charge in [0.25, 0.3) is 0 Å². The minimum Gasteiger partial charge on any atom is -0.166 e. The zero-order valence-corrected chi connectivity index (χ0v) is 10.8. The lowest BCUT2D eigenvalue weighted by molar-refractivity contribution is -0.137. The van der Waals surface area contributed by atoms with Gasteiger partial charge in [-0.3, -0.25) is 0 Å². The minimum atomic E-state index is -4.30. The van der Waals surface area contributed by atoms with Crippen LogP contribution in [0.1, 0.15) is 30.9 Å². The highest BCUT2D eigenvalue weighted by molar-refractivity contribution is 5.68. The molecule has 0 bridgehead atoms. The summed E-state index contributed by atoms with van der Waals surface area (Å²) in [5, 5.41) is 0. The molecule has 3 heteroatoms. The maximum atomic E-state index is 12.7. The lowest BCUT2D eigenvalue weighted by Gasteiger charge is -2.14. The van der Waals surface area contributed by atoms with Crippen LogP contribution in [-0.4, -0.2) is 0 Å². The Bertz CT molecular complexity index is 568. The van der Waals surface area contributed by atoms with E-state index in [-0.39, 0.29) is 5.92 Å². The molecule has 0 aliphatic rings. The van der Waals surface area contributed by atoms with Crippen molar-refractivity contribution in [2.75, 3.05) is 0 Å². The van der Waals surface area contributed by atoms with Crippen LogP contribution in [0.5, 0.6) is 0 Å². The second-order valence-corrected chi connectivity index (χ2v) is 4.82. The Kier molecular flexibility index (Phi) is 3.65. The Hall–Kier alpha value is -1.77. The average molecular weight is 264 g/mol. The molecule has 0 nitrogen and oxygen atoms in total. The molecule has 0 radical (unpaired) electrons. The van der Waals surface area contributed by atoms with Gasteiger partial charge in [-0.05, 0) is 34.7 Å². The maximum absolute atomic E-state index is 12.7. The van der Waals surface area contributed by atoms with Gasteiger partial charge in [0.1, 0.15) is 0 Å². The third-order valence-electron chi connectivity index (χ3n) is 3.08. The fourth-order valence-electron chi connectivity index (χ4n) is 2.13. The molecule has 0 amide bonds. The van der Waals surface area contributed by atoms with Crippen molar-refractivity contribution in [3.05, 3.63) is 59.7 Å². The molecular weight excluding hydrogens is 249 g/mol. The Balaban J connectivity index is 2.54. The van der Waals surface area contributed by atoms with Gasteiger partial charge in [0.2, 0.25) is 0 Å². The van der Waals surface area contributed by atoms with Gasteiger partial charge in [-0.15, -0.1) is 0 Å². The normalized spacial score (nSPS) is 11.9. The minimum absolute atomic E-state index is 0.269. The predicted octanol–water partition coefficient (Wildman–Crippen LogP) is 5.50. The molecule has 0 aliphatic heterocycles. The fraction of sp³-hybridized carbons (Fsp3) is 0.250. The number of hydrogen-bond acceptors (Lipinski definition) is 0. The average Bonchev–Trinajstić information content (AvgIpc) is 2.38. The van der Waals surface area contributed by atoms with Gasteiger partial charge in [-0.25, -0.2) is 0 Å². The summed E-state index contributed by atoms with van der Waals surface area (Å²) in [7, 11) is 0. The molecule has 0 saturated carbocycles. The molecule has 2 rings (SSSR count). The van der Waals surface area contributed by atoms with E-state index < -0.39 is 11.7 Å². The van der Waals surface area contributed by atoms with Crippen molar-refractivity contribution in [2.24, 2.45) is 0 Å². The summed E-state index contributed by atoms with van der Waals surface area (Å²) in [6.07, 6.45) is -4.30. The van der Waals surface area contributed by atoms with Crippen molar-refractivity contribution in [1.82, 2.24) is 0 Å². The monoisotopic (exact) mass is 264 g/mol. The van der Waals surface area contributed by atoms with E-state index in [2.05, 4.69) is 0 Å². The van der Waals surface area contributed by atoms with Crippen molar-refractivity contribution in [1.29, 1.82) is 0 Å². The second kappa shape index (κ2) is 5.08. The molecule has 0 heterocycles.